The van der Waals surface area contributed by atoms with Gasteiger partial charge in [-0.1, -0.05) is 18.2 Å². The Labute approximate surface area is 149 Å². The molecule has 1 aromatic heterocycles. The maximum atomic E-state index is 11.4. The fraction of sp³-hybridized carbons (Fsp3) is 0.278. The summed E-state index contributed by atoms with van der Waals surface area (Å²) in [5, 5.41) is 22.6. The number of H-pyrrole nitrogens is 2. The standard InChI is InChI=1S/C18H21N3O5/c22-12(10-19-8-9-25-15-6-2-1-5-14(15)23)11-26-16-7-3-4-13-17(16)21-18(24)20-13/h1-7,12,19,22-23H,8-11H2,(H2,20,21,24). The molecule has 5 N–H and O–H groups in total. The van der Waals surface area contributed by atoms with Crippen LogP contribution >= 0.6 is 0 Å². The monoisotopic (exact) mass is 359 g/mol. The zero-order valence-electron chi connectivity index (χ0n) is 14.1. The number of phenols is 1. The topological polar surface area (TPSA) is 120 Å². The Balaban J connectivity index is 1.38. The summed E-state index contributed by atoms with van der Waals surface area (Å²) in [6, 6.07) is 12.0. The third-order valence-electron chi connectivity index (χ3n) is 3.73. The van der Waals surface area contributed by atoms with Crippen molar-refractivity contribution in [3.8, 4) is 17.2 Å². The molecule has 3 aromatic rings. The van der Waals surface area contributed by atoms with Crippen LogP contribution in [0.1, 0.15) is 0 Å². The number of rotatable bonds is 9. The molecule has 0 saturated heterocycles. The molecule has 3 rings (SSSR count). The van der Waals surface area contributed by atoms with Crippen molar-refractivity contribution in [1.82, 2.24) is 15.3 Å². The highest BCUT2D eigenvalue weighted by Crippen LogP contribution is 2.24. The lowest BCUT2D eigenvalue weighted by atomic mass is 10.3. The molecule has 1 atom stereocenters. The Morgan fingerprint density at radius 3 is 2.69 bits per heavy atom. The largest absolute Gasteiger partial charge is 0.504 e. The van der Waals surface area contributed by atoms with Crippen LogP contribution in [0.3, 0.4) is 0 Å². The van der Waals surface area contributed by atoms with Crippen molar-refractivity contribution in [2.45, 2.75) is 6.10 Å². The van der Waals surface area contributed by atoms with Crippen LogP contribution in [0.5, 0.6) is 17.2 Å². The number of aliphatic hydroxyl groups is 1. The first-order chi connectivity index (χ1) is 12.6. The summed E-state index contributed by atoms with van der Waals surface area (Å²) in [5.41, 5.74) is 0.929. The minimum Gasteiger partial charge on any atom is -0.504 e. The highest BCUT2D eigenvalue weighted by atomic mass is 16.5. The molecular formula is C18H21N3O5. The van der Waals surface area contributed by atoms with Gasteiger partial charge in [-0.05, 0) is 24.3 Å². The molecule has 0 fully saturated rings. The van der Waals surface area contributed by atoms with E-state index in [9.17, 15) is 15.0 Å². The van der Waals surface area contributed by atoms with Gasteiger partial charge in [0.1, 0.15) is 30.6 Å². The third kappa shape index (κ3) is 4.56. The first kappa shape index (κ1) is 17.8. The number of hydrogen-bond donors (Lipinski definition) is 5. The van der Waals surface area contributed by atoms with Gasteiger partial charge < -0.3 is 35.0 Å². The van der Waals surface area contributed by atoms with Crippen LogP contribution in [-0.2, 0) is 0 Å². The van der Waals surface area contributed by atoms with Crippen LogP contribution in [0.15, 0.2) is 47.3 Å². The predicted octanol–water partition coefficient (Wildman–Crippen LogP) is 0.970. The summed E-state index contributed by atoms with van der Waals surface area (Å²) < 4.78 is 11.0. The summed E-state index contributed by atoms with van der Waals surface area (Å²) in [6.45, 7) is 1.27. The van der Waals surface area contributed by atoms with Crippen molar-refractivity contribution in [2.75, 3.05) is 26.3 Å². The third-order valence-corrected chi connectivity index (χ3v) is 3.73. The van der Waals surface area contributed by atoms with Gasteiger partial charge in [-0.3, -0.25) is 0 Å². The number of aliphatic hydroxyl groups excluding tert-OH is 1. The fourth-order valence-electron chi connectivity index (χ4n) is 2.48. The van der Waals surface area contributed by atoms with E-state index in [-0.39, 0.29) is 18.0 Å². The lowest BCUT2D eigenvalue weighted by Crippen LogP contribution is -2.33. The number of aromatic nitrogens is 2. The quantitative estimate of drug-likeness (QED) is 0.363. The SMILES string of the molecule is O=c1[nH]c2cccc(OCC(O)CNCCOc3ccccc3O)c2[nH]1. The summed E-state index contributed by atoms with van der Waals surface area (Å²) in [4.78, 5) is 16.7. The van der Waals surface area contributed by atoms with Crippen LogP contribution < -0.4 is 20.5 Å². The number of fused-ring (bicyclic) bond motifs is 1. The lowest BCUT2D eigenvalue weighted by molar-refractivity contribution is 0.106. The highest BCUT2D eigenvalue weighted by molar-refractivity contribution is 5.80. The van der Waals surface area contributed by atoms with Crippen molar-refractivity contribution in [1.29, 1.82) is 0 Å². The van der Waals surface area contributed by atoms with E-state index < -0.39 is 6.10 Å². The van der Waals surface area contributed by atoms with E-state index in [0.717, 1.165) is 0 Å². The minimum absolute atomic E-state index is 0.0830. The molecule has 138 valence electrons. The van der Waals surface area contributed by atoms with E-state index in [1.807, 2.05) is 0 Å². The van der Waals surface area contributed by atoms with Crippen molar-refractivity contribution >= 4 is 11.0 Å². The number of ether oxygens (including phenoxy) is 2. The summed E-state index contributed by atoms with van der Waals surface area (Å²) in [6.07, 6.45) is -0.721. The normalized spacial score (nSPS) is 12.2. The molecule has 0 bridgehead atoms. The summed E-state index contributed by atoms with van der Waals surface area (Å²) in [7, 11) is 0. The molecule has 0 radical (unpaired) electrons. The molecule has 8 heteroatoms. The van der Waals surface area contributed by atoms with Crippen LogP contribution in [0.2, 0.25) is 0 Å². The number of aromatic amines is 2. The van der Waals surface area contributed by atoms with Crippen molar-refractivity contribution < 1.29 is 19.7 Å². The van der Waals surface area contributed by atoms with E-state index in [0.29, 0.717) is 42.2 Å². The Morgan fingerprint density at radius 1 is 1.04 bits per heavy atom. The van der Waals surface area contributed by atoms with E-state index >= 15 is 0 Å². The smallest absolute Gasteiger partial charge is 0.323 e. The van der Waals surface area contributed by atoms with Crippen molar-refractivity contribution in [3.63, 3.8) is 0 Å². The Kier molecular flexibility index (Phi) is 5.77. The number of aromatic hydroxyl groups is 1. The second-order valence-electron chi connectivity index (χ2n) is 5.74. The van der Waals surface area contributed by atoms with E-state index in [1.165, 1.54) is 0 Å². The fourth-order valence-corrected chi connectivity index (χ4v) is 2.48. The molecule has 8 nitrogen and oxygen atoms in total. The number of phenolic OH excluding ortho intramolecular Hbond substituents is 1. The molecule has 0 aliphatic carbocycles. The number of benzene rings is 2. The van der Waals surface area contributed by atoms with Gasteiger partial charge in [-0.15, -0.1) is 0 Å². The molecule has 0 saturated carbocycles. The maximum absolute atomic E-state index is 11.4. The molecule has 0 spiro atoms. The van der Waals surface area contributed by atoms with Gasteiger partial charge in [-0.25, -0.2) is 4.79 Å². The average molecular weight is 359 g/mol. The van der Waals surface area contributed by atoms with E-state index in [1.54, 1.807) is 42.5 Å². The number of hydrogen-bond acceptors (Lipinski definition) is 6. The second kappa shape index (κ2) is 8.41. The maximum Gasteiger partial charge on any atom is 0.323 e. The molecule has 0 aliphatic rings. The van der Waals surface area contributed by atoms with Crippen molar-refractivity contribution in [2.24, 2.45) is 0 Å². The van der Waals surface area contributed by atoms with Crippen LogP contribution in [0, 0.1) is 0 Å². The lowest BCUT2D eigenvalue weighted by Gasteiger charge is -2.14. The highest BCUT2D eigenvalue weighted by Gasteiger charge is 2.09. The molecular weight excluding hydrogens is 338 g/mol. The summed E-state index contributed by atoms with van der Waals surface area (Å²) >= 11 is 0. The number of nitrogens with one attached hydrogen (secondary N) is 3. The zero-order chi connectivity index (χ0) is 18.4. The molecule has 0 amide bonds. The Hall–Kier alpha value is -2.97. The first-order valence-corrected chi connectivity index (χ1v) is 8.27. The van der Waals surface area contributed by atoms with Gasteiger partial charge in [0, 0.05) is 13.1 Å². The predicted molar refractivity (Wildman–Crippen MR) is 96.9 cm³/mol. The van der Waals surface area contributed by atoms with Gasteiger partial charge >= 0.3 is 5.69 Å². The van der Waals surface area contributed by atoms with Crippen LogP contribution in [-0.4, -0.2) is 52.6 Å². The number of imidazole rings is 1. The van der Waals surface area contributed by atoms with Crippen molar-refractivity contribution in [3.05, 3.63) is 52.9 Å². The van der Waals surface area contributed by atoms with Gasteiger partial charge in [0.05, 0.1) is 5.52 Å². The number of para-hydroxylation sites is 3. The van der Waals surface area contributed by atoms with E-state index in [4.69, 9.17) is 9.47 Å². The summed E-state index contributed by atoms with van der Waals surface area (Å²) in [5.74, 6) is 1.02. The first-order valence-electron chi connectivity index (χ1n) is 8.27. The molecule has 26 heavy (non-hydrogen) atoms. The molecule has 0 aliphatic heterocycles. The van der Waals surface area contributed by atoms with Gasteiger partial charge in [0.15, 0.2) is 11.5 Å². The van der Waals surface area contributed by atoms with E-state index in [2.05, 4.69) is 15.3 Å². The van der Waals surface area contributed by atoms with Gasteiger partial charge in [-0.2, -0.15) is 0 Å². The second-order valence-corrected chi connectivity index (χ2v) is 5.74. The van der Waals surface area contributed by atoms with Crippen LogP contribution in [0.4, 0.5) is 0 Å². The minimum atomic E-state index is -0.721. The van der Waals surface area contributed by atoms with Gasteiger partial charge in [0.2, 0.25) is 0 Å². The Morgan fingerprint density at radius 2 is 1.85 bits per heavy atom. The average Bonchev–Trinajstić information content (AvgIpc) is 3.02. The zero-order valence-corrected chi connectivity index (χ0v) is 14.1. The Bertz CT molecular complexity index is 905. The van der Waals surface area contributed by atoms with Gasteiger partial charge in [0.25, 0.3) is 0 Å². The van der Waals surface area contributed by atoms with Crippen LogP contribution in [0.25, 0.3) is 11.0 Å². The molecule has 1 unspecified atom stereocenters. The molecule has 1 heterocycles. The molecule has 2 aromatic carbocycles.